The van der Waals surface area contributed by atoms with Crippen molar-refractivity contribution in [1.82, 2.24) is 4.57 Å². The number of carboxylic acids is 1. The van der Waals surface area contributed by atoms with Crippen LogP contribution in [0, 0.1) is 6.92 Å². The highest BCUT2D eigenvalue weighted by molar-refractivity contribution is 6.11. The SMILES string of the molecule is Cc1cccc2c3c(n(CC(=O)O)c12)C(=O)N(c1ccccc1)CC3. The van der Waals surface area contributed by atoms with Crippen LogP contribution in [-0.2, 0) is 17.8 Å². The number of carboxylic acid groups (broad SMARTS) is 1. The van der Waals surface area contributed by atoms with Gasteiger partial charge in [0.2, 0.25) is 0 Å². The third kappa shape index (κ3) is 2.39. The number of anilines is 1. The first kappa shape index (κ1) is 15.4. The van der Waals surface area contributed by atoms with Crippen LogP contribution in [0.1, 0.15) is 21.6 Å². The molecule has 25 heavy (non-hydrogen) atoms. The number of aliphatic carboxylic acids is 1. The molecule has 2 aromatic carbocycles. The number of fused-ring (bicyclic) bond motifs is 3. The van der Waals surface area contributed by atoms with Crippen LogP contribution in [0.5, 0.6) is 0 Å². The molecule has 1 aliphatic heterocycles. The normalized spacial score (nSPS) is 14.0. The molecule has 0 unspecified atom stereocenters. The fourth-order valence-electron chi connectivity index (χ4n) is 3.76. The number of amides is 1. The summed E-state index contributed by atoms with van der Waals surface area (Å²) in [5.41, 5.74) is 4.12. The number of hydrogen-bond acceptors (Lipinski definition) is 2. The van der Waals surface area contributed by atoms with Gasteiger partial charge in [0.25, 0.3) is 5.91 Å². The first-order valence-electron chi connectivity index (χ1n) is 8.27. The Kier molecular flexibility index (Phi) is 3.57. The molecule has 0 saturated carbocycles. The molecule has 1 amide bonds. The lowest BCUT2D eigenvalue weighted by Crippen LogP contribution is -2.39. The molecule has 4 rings (SSSR count). The van der Waals surface area contributed by atoms with Crippen molar-refractivity contribution in [2.45, 2.75) is 19.9 Å². The van der Waals surface area contributed by atoms with Gasteiger partial charge < -0.3 is 14.6 Å². The van der Waals surface area contributed by atoms with E-state index in [4.69, 9.17) is 0 Å². The van der Waals surface area contributed by atoms with Crippen LogP contribution in [0.15, 0.2) is 48.5 Å². The van der Waals surface area contributed by atoms with E-state index >= 15 is 0 Å². The van der Waals surface area contributed by atoms with Crippen molar-refractivity contribution >= 4 is 28.5 Å². The van der Waals surface area contributed by atoms with Crippen LogP contribution in [0.4, 0.5) is 5.69 Å². The van der Waals surface area contributed by atoms with Gasteiger partial charge in [-0.3, -0.25) is 9.59 Å². The Morgan fingerprint density at radius 2 is 1.88 bits per heavy atom. The summed E-state index contributed by atoms with van der Waals surface area (Å²) in [7, 11) is 0. The van der Waals surface area contributed by atoms with Gasteiger partial charge in [-0.15, -0.1) is 0 Å². The Bertz CT molecular complexity index is 989. The van der Waals surface area contributed by atoms with E-state index in [9.17, 15) is 14.7 Å². The summed E-state index contributed by atoms with van der Waals surface area (Å²) >= 11 is 0. The number of para-hydroxylation sites is 2. The maximum absolute atomic E-state index is 13.2. The quantitative estimate of drug-likeness (QED) is 0.800. The van der Waals surface area contributed by atoms with E-state index in [0.717, 1.165) is 27.7 Å². The van der Waals surface area contributed by atoms with Gasteiger partial charge >= 0.3 is 5.97 Å². The lowest BCUT2D eigenvalue weighted by atomic mass is 10.0. The molecule has 0 spiro atoms. The van der Waals surface area contributed by atoms with Crippen LogP contribution < -0.4 is 4.90 Å². The van der Waals surface area contributed by atoms with Gasteiger partial charge in [0.05, 0.1) is 5.52 Å². The van der Waals surface area contributed by atoms with Crippen molar-refractivity contribution in [3.8, 4) is 0 Å². The highest BCUT2D eigenvalue weighted by atomic mass is 16.4. The third-order valence-electron chi connectivity index (χ3n) is 4.78. The van der Waals surface area contributed by atoms with Gasteiger partial charge in [-0.05, 0) is 36.6 Å². The average Bonchev–Trinajstić information content (AvgIpc) is 2.91. The molecule has 5 nitrogen and oxygen atoms in total. The summed E-state index contributed by atoms with van der Waals surface area (Å²) in [6, 6.07) is 15.4. The minimum atomic E-state index is -0.951. The number of benzene rings is 2. The van der Waals surface area contributed by atoms with E-state index in [1.165, 1.54) is 0 Å². The molecule has 1 aromatic heterocycles. The predicted octanol–water partition coefficient (Wildman–Crippen LogP) is 3.24. The van der Waals surface area contributed by atoms with Gasteiger partial charge in [0.1, 0.15) is 12.2 Å². The molecule has 5 heteroatoms. The molecule has 3 aromatic rings. The molecular formula is C20H18N2O3. The monoisotopic (exact) mass is 334 g/mol. The van der Waals surface area contributed by atoms with E-state index in [1.807, 2.05) is 55.5 Å². The lowest BCUT2D eigenvalue weighted by Gasteiger charge is -2.28. The molecule has 1 aliphatic rings. The van der Waals surface area contributed by atoms with Crippen molar-refractivity contribution < 1.29 is 14.7 Å². The van der Waals surface area contributed by atoms with Crippen LogP contribution in [0.25, 0.3) is 10.9 Å². The zero-order valence-electron chi connectivity index (χ0n) is 13.9. The van der Waals surface area contributed by atoms with Crippen LogP contribution in [0.2, 0.25) is 0 Å². The highest BCUT2D eigenvalue weighted by Crippen LogP contribution is 2.34. The smallest absolute Gasteiger partial charge is 0.323 e. The van der Waals surface area contributed by atoms with E-state index in [1.54, 1.807) is 9.47 Å². The van der Waals surface area contributed by atoms with Crippen molar-refractivity contribution in [2.75, 3.05) is 11.4 Å². The van der Waals surface area contributed by atoms with Crippen molar-refractivity contribution in [3.63, 3.8) is 0 Å². The summed E-state index contributed by atoms with van der Waals surface area (Å²) in [5, 5.41) is 10.3. The Morgan fingerprint density at radius 1 is 1.12 bits per heavy atom. The Hall–Kier alpha value is -3.08. The number of aromatic nitrogens is 1. The Labute approximate surface area is 145 Å². The van der Waals surface area contributed by atoms with E-state index in [0.29, 0.717) is 18.7 Å². The average molecular weight is 334 g/mol. The summed E-state index contributed by atoms with van der Waals surface area (Å²) in [6.45, 7) is 2.33. The second-order valence-corrected chi connectivity index (χ2v) is 6.32. The number of carbonyl (C=O) groups excluding carboxylic acids is 1. The van der Waals surface area contributed by atoms with E-state index in [-0.39, 0.29) is 12.5 Å². The molecule has 2 heterocycles. The maximum atomic E-state index is 13.2. The minimum Gasteiger partial charge on any atom is -0.480 e. The molecule has 0 bridgehead atoms. The summed E-state index contributed by atoms with van der Waals surface area (Å²) in [6.07, 6.45) is 0.711. The minimum absolute atomic E-state index is 0.135. The van der Waals surface area contributed by atoms with Crippen molar-refractivity contribution in [3.05, 3.63) is 65.4 Å². The van der Waals surface area contributed by atoms with Crippen molar-refractivity contribution in [1.29, 1.82) is 0 Å². The van der Waals surface area contributed by atoms with Gasteiger partial charge in [-0.25, -0.2) is 0 Å². The first-order chi connectivity index (χ1) is 12.1. The molecule has 1 N–H and O–H groups in total. The third-order valence-corrected chi connectivity index (χ3v) is 4.78. The molecule has 0 aliphatic carbocycles. The van der Waals surface area contributed by atoms with Gasteiger partial charge in [0, 0.05) is 17.6 Å². The van der Waals surface area contributed by atoms with E-state index < -0.39 is 5.97 Å². The molecule has 0 atom stereocenters. The van der Waals surface area contributed by atoms with Crippen LogP contribution in [-0.4, -0.2) is 28.1 Å². The largest absolute Gasteiger partial charge is 0.480 e. The Morgan fingerprint density at radius 3 is 2.60 bits per heavy atom. The topological polar surface area (TPSA) is 62.5 Å². The lowest BCUT2D eigenvalue weighted by molar-refractivity contribution is -0.137. The van der Waals surface area contributed by atoms with Gasteiger partial charge in [-0.2, -0.15) is 0 Å². The Balaban J connectivity index is 1.94. The molecule has 0 fully saturated rings. The number of rotatable bonds is 3. The van der Waals surface area contributed by atoms with Gasteiger partial charge in [-0.1, -0.05) is 36.4 Å². The second kappa shape index (κ2) is 5.77. The number of aryl methyl sites for hydroxylation is 1. The summed E-state index contributed by atoms with van der Waals surface area (Å²) in [4.78, 5) is 26.4. The summed E-state index contributed by atoms with van der Waals surface area (Å²) < 4.78 is 1.67. The number of nitrogens with zero attached hydrogens (tertiary/aromatic N) is 2. The summed E-state index contributed by atoms with van der Waals surface area (Å²) in [5.74, 6) is -1.09. The zero-order chi connectivity index (χ0) is 17.6. The van der Waals surface area contributed by atoms with Crippen LogP contribution >= 0.6 is 0 Å². The van der Waals surface area contributed by atoms with Crippen LogP contribution in [0.3, 0.4) is 0 Å². The molecule has 0 saturated heterocycles. The number of carbonyl (C=O) groups is 2. The fraction of sp³-hybridized carbons (Fsp3) is 0.200. The fourth-order valence-corrected chi connectivity index (χ4v) is 3.76. The molecule has 126 valence electrons. The second-order valence-electron chi connectivity index (χ2n) is 6.32. The predicted molar refractivity (Wildman–Crippen MR) is 96.1 cm³/mol. The molecular weight excluding hydrogens is 316 g/mol. The van der Waals surface area contributed by atoms with Crippen molar-refractivity contribution in [2.24, 2.45) is 0 Å². The standard InChI is InChI=1S/C20H18N2O3/c1-13-6-5-9-15-16-10-11-21(14-7-3-2-4-8-14)20(25)19(16)22(18(13)15)12-17(23)24/h2-9H,10-12H2,1H3,(H,23,24). The number of hydrogen-bond donors (Lipinski definition) is 1. The first-order valence-corrected chi connectivity index (χ1v) is 8.27. The van der Waals surface area contributed by atoms with E-state index in [2.05, 4.69) is 0 Å². The highest BCUT2D eigenvalue weighted by Gasteiger charge is 2.32. The van der Waals surface area contributed by atoms with Gasteiger partial charge in [0.15, 0.2) is 0 Å². The molecule has 0 radical (unpaired) electrons. The zero-order valence-corrected chi connectivity index (χ0v) is 13.9. The maximum Gasteiger partial charge on any atom is 0.323 e.